The van der Waals surface area contributed by atoms with Crippen LogP contribution in [0.1, 0.15) is 13.3 Å². The van der Waals surface area contributed by atoms with Crippen LogP contribution in [0.5, 0.6) is 17.2 Å². The van der Waals surface area contributed by atoms with E-state index in [1.54, 1.807) is 33.5 Å². The Morgan fingerprint density at radius 3 is 2.15 bits per heavy atom. The molecule has 2 N–H and O–H groups in total. The number of rotatable bonds is 8. The van der Waals surface area contributed by atoms with E-state index in [1.807, 2.05) is 6.92 Å². The van der Waals surface area contributed by atoms with Gasteiger partial charge in [-0.1, -0.05) is 0 Å². The maximum Gasteiger partial charge on any atom is 0.221 e. The zero-order chi connectivity index (χ0) is 15.0. The first-order valence-corrected chi connectivity index (χ1v) is 6.46. The SMILES string of the molecule is CCNC(=O)CCNc1cc(OC)c(OC)c(OC)c1. The van der Waals surface area contributed by atoms with E-state index in [0.717, 1.165) is 5.69 Å². The number of hydrogen-bond donors (Lipinski definition) is 2. The summed E-state index contributed by atoms with van der Waals surface area (Å²) in [4.78, 5) is 11.4. The van der Waals surface area contributed by atoms with Crippen molar-refractivity contribution >= 4 is 11.6 Å². The Balaban J connectivity index is 2.73. The van der Waals surface area contributed by atoms with Crippen molar-refractivity contribution in [3.05, 3.63) is 12.1 Å². The van der Waals surface area contributed by atoms with E-state index in [-0.39, 0.29) is 5.91 Å². The van der Waals surface area contributed by atoms with Crippen LogP contribution in [0.3, 0.4) is 0 Å². The van der Waals surface area contributed by atoms with Gasteiger partial charge in [0.05, 0.1) is 21.3 Å². The van der Waals surface area contributed by atoms with E-state index < -0.39 is 0 Å². The molecule has 0 heterocycles. The minimum atomic E-state index is 0.0208. The molecule has 0 radical (unpaired) electrons. The first-order valence-electron chi connectivity index (χ1n) is 6.46. The molecular weight excluding hydrogens is 260 g/mol. The molecule has 1 rings (SSSR count). The van der Waals surface area contributed by atoms with Gasteiger partial charge in [-0.05, 0) is 6.92 Å². The first-order chi connectivity index (χ1) is 9.65. The van der Waals surface area contributed by atoms with Gasteiger partial charge in [0.25, 0.3) is 0 Å². The third-order valence-corrected chi connectivity index (χ3v) is 2.72. The Labute approximate surface area is 119 Å². The highest BCUT2D eigenvalue weighted by Crippen LogP contribution is 2.39. The fraction of sp³-hybridized carbons (Fsp3) is 0.500. The molecule has 0 aliphatic heterocycles. The third kappa shape index (κ3) is 4.22. The van der Waals surface area contributed by atoms with Crippen molar-refractivity contribution in [2.45, 2.75) is 13.3 Å². The number of nitrogens with one attached hydrogen (secondary N) is 2. The summed E-state index contributed by atoms with van der Waals surface area (Å²) in [6.45, 7) is 3.07. The number of carbonyl (C=O) groups excluding carboxylic acids is 1. The molecule has 1 amide bonds. The predicted molar refractivity (Wildman–Crippen MR) is 77.9 cm³/mol. The molecule has 0 spiro atoms. The molecule has 0 aliphatic carbocycles. The highest BCUT2D eigenvalue weighted by molar-refractivity contribution is 5.76. The van der Waals surface area contributed by atoms with E-state index in [2.05, 4.69) is 10.6 Å². The minimum Gasteiger partial charge on any atom is -0.493 e. The number of ether oxygens (including phenoxy) is 3. The van der Waals surface area contributed by atoms with Crippen LogP contribution >= 0.6 is 0 Å². The van der Waals surface area contributed by atoms with Crippen molar-refractivity contribution in [2.75, 3.05) is 39.7 Å². The Kier molecular flexibility index (Phi) is 6.49. The van der Waals surface area contributed by atoms with Crippen molar-refractivity contribution in [1.82, 2.24) is 5.32 Å². The van der Waals surface area contributed by atoms with Gasteiger partial charge in [0.2, 0.25) is 11.7 Å². The summed E-state index contributed by atoms with van der Waals surface area (Å²) >= 11 is 0. The van der Waals surface area contributed by atoms with E-state index in [4.69, 9.17) is 14.2 Å². The fourth-order valence-electron chi connectivity index (χ4n) is 1.79. The maximum atomic E-state index is 11.4. The fourth-order valence-corrected chi connectivity index (χ4v) is 1.79. The van der Waals surface area contributed by atoms with Crippen molar-refractivity contribution in [1.29, 1.82) is 0 Å². The number of anilines is 1. The number of hydrogen-bond acceptors (Lipinski definition) is 5. The number of amides is 1. The van der Waals surface area contributed by atoms with Crippen LogP contribution in [0.4, 0.5) is 5.69 Å². The molecule has 0 saturated heterocycles. The lowest BCUT2D eigenvalue weighted by molar-refractivity contribution is -0.120. The summed E-state index contributed by atoms with van der Waals surface area (Å²) in [6, 6.07) is 3.61. The molecule has 6 heteroatoms. The molecule has 0 aliphatic rings. The standard InChI is InChI=1S/C14H22N2O4/c1-5-15-13(17)6-7-16-10-8-11(18-2)14(20-4)12(9-10)19-3/h8-9,16H,5-7H2,1-4H3,(H,15,17). The molecule has 0 saturated carbocycles. The normalized spacial score (nSPS) is 9.80. The molecule has 112 valence electrons. The highest BCUT2D eigenvalue weighted by atomic mass is 16.5. The topological polar surface area (TPSA) is 68.8 Å². The minimum absolute atomic E-state index is 0.0208. The molecule has 0 aromatic heterocycles. The van der Waals surface area contributed by atoms with Crippen molar-refractivity contribution in [3.63, 3.8) is 0 Å². The molecule has 6 nitrogen and oxygen atoms in total. The summed E-state index contributed by atoms with van der Waals surface area (Å²) < 4.78 is 15.8. The van der Waals surface area contributed by atoms with Gasteiger partial charge >= 0.3 is 0 Å². The maximum absolute atomic E-state index is 11.4. The zero-order valence-corrected chi connectivity index (χ0v) is 12.4. The van der Waals surface area contributed by atoms with E-state index >= 15 is 0 Å². The largest absolute Gasteiger partial charge is 0.493 e. The van der Waals surface area contributed by atoms with Gasteiger partial charge in [0, 0.05) is 37.3 Å². The van der Waals surface area contributed by atoms with Crippen molar-refractivity contribution in [3.8, 4) is 17.2 Å². The van der Waals surface area contributed by atoms with Crippen LogP contribution in [0, 0.1) is 0 Å². The lowest BCUT2D eigenvalue weighted by atomic mass is 10.2. The van der Waals surface area contributed by atoms with Crippen LogP contribution in [0.2, 0.25) is 0 Å². The quantitative estimate of drug-likeness (QED) is 0.759. The Hall–Kier alpha value is -2.11. The molecule has 0 fully saturated rings. The second kappa shape index (κ2) is 8.14. The molecule has 1 aromatic rings. The third-order valence-electron chi connectivity index (χ3n) is 2.72. The van der Waals surface area contributed by atoms with E-state index in [0.29, 0.717) is 36.8 Å². The summed E-state index contributed by atoms with van der Waals surface area (Å²) in [6.07, 6.45) is 0.407. The average Bonchev–Trinajstić information content (AvgIpc) is 2.46. The second-order valence-corrected chi connectivity index (χ2v) is 4.04. The first kappa shape index (κ1) is 15.9. The summed E-state index contributed by atoms with van der Waals surface area (Å²) in [5.41, 5.74) is 0.809. The van der Waals surface area contributed by atoms with Gasteiger partial charge in [0.1, 0.15) is 0 Å². The lowest BCUT2D eigenvalue weighted by Crippen LogP contribution is -2.24. The number of carbonyl (C=O) groups is 1. The van der Waals surface area contributed by atoms with Crippen LogP contribution in [-0.4, -0.2) is 40.3 Å². The van der Waals surface area contributed by atoms with Gasteiger partial charge in [-0.3, -0.25) is 4.79 Å². The molecule has 0 atom stereocenters. The van der Waals surface area contributed by atoms with Crippen molar-refractivity contribution in [2.24, 2.45) is 0 Å². The van der Waals surface area contributed by atoms with Gasteiger partial charge in [-0.2, -0.15) is 0 Å². The number of benzene rings is 1. The molecule has 1 aromatic carbocycles. The molecule has 0 unspecified atom stereocenters. The summed E-state index contributed by atoms with van der Waals surface area (Å²) in [5, 5.41) is 5.91. The van der Waals surface area contributed by atoms with E-state index in [1.165, 1.54) is 0 Å². The highest BCUT2D eigenvalue weighted by Gasteiger charge is 2.13. The molecule has 20 heavy (non-hydrogen) atoms. The Morgan fingerprint density at radius 2 is 1.70 bits per heavy atom. The average molecular weight is 282 g/mol. The molecular formula is C14H22N2O4. The predicted octanol–water partition coefficient (Wildman–Crippen LogP) is 1.65. The van der Waals surface area contributed by atoms with Crippen LogP contribution in [0.25, 0.3) is 0 Å². The van der Waals surface area contributed by atoms with E-state index in [9.17, 15) is 4.79 Å². The summed E-state index contributed by atoms with van der Waals surface area (Å²) in [5.74, 6) is 1.72. The van der Waals surface area contributed by atoms with Gasteiger partial charge in [-0.15, -0.1) is 0 Å². The monoisotopic (exact) mass is 282 g/mol. The Morgan fingerprint density at radius 1 is 1.10 bits per heavy atom. The number of methoxy groups -OCH3 is 3. The summed E-state index contributed by atoms with van der Waals surface area (Å²) in [7, 11) is 4.69. The Bertz CT molecular complexity index is 424. The van der Waals surface area contributed by atoms with Gasteiger partial charge in [-0.25, -0.2) is 0 Å². The van der Waals surface area contributed by atoms with Crippen molar-refractivity contribution < 1.29 is 19.0 Å². The van der Waals surface area contributed by atoms with Crippen LogP contribution in [-0.2, 0) is 4.79 Å². The van der Waals surface area contributed by atoms with Crippen LogP contribution in [0.15, 0.2) is 12.1 Å². The van der Waals surface area contributed by atoms with Gasteiger partial charge in [0.15, 0.2) is 11.5 Å². The molecule has 0 bridgehead atoms. The second-order valence-electron chi connectivity index (χ2n) is 4.04. The zero-order valence-electron chi connectivity index (χ0n) is 12.4. The lowest BCUT2D eigenvalue weighted by Gasteiger charge is -2.15. The smallest absolute Gasteiger partial charge is 0.221 e. The van der Waals surface area contributed by atoms with Crippen LogP contribution < -0.4 is 24.8 Å². The van der Waals surface area contributed by atoms with Gasteiger partial charge < -0.3 is 24.8 Å².